The Kier molecular flexibility index (Phi) is 3.38. The number of phenols is 1. The molecule has 0 spiro atoms. The van der Waals surface area contributed by atoms with Gasteiger partial charge in [0.2, 0.25) is 0 Å². The Labute approximate surface area is 100 Å². The number of hydrogen-bond donors (Lipinski definition) is 3. The highest BCUT2D eigenvalue weighted by atomic mass is 35.5. The SMILES string of the molecule is CNCC(O)c1cc2c(c(Cl)c1O)CCC2. The molecule has 1 aliphatic rings. The smallest absolute Gasteiger partial charge is 0.140 e. The largest absolute Gasteiger partial charge is 0.506 e. The summed E-state index contributed by atoms with van der Waals surface area (Å²) in [7, 11) is 1.76. The van der Waals surface area contributed by atoms with Gasteiger partial charge in [-0.25, -0.2) is 0 Å². The zero-order valence-electron chi connectivity index (χ0n) is 9.26. The van der Waals surface area contributed by atoms with E-state index in [0.717, 1.165) is 30.4 Å². The number of aliphatic hydroxyl groups is 1. The molecule has 88 valence electrons. The van der Waals surface area contributed by atoms with Crippen molar-refractivity contribution in [3.63, 3.8) is 0 Å². The molecule has 0 radical (unpaired) electrons. The van der Waals surface area contributed by atoms with Crippen LogP contribution in [0.1, 0.15) is 29.2 Å². The van der Waals surface area contributed by atoms with Crippen molar-refractivity contribution in [1.29, 1.82) is 0 Å². The fraction of sp³-hybridized carbons (Fsp3) is 0.500. The number of likely N-dealkylation sites (N-methyl/N-ethyl adjacent to an activating group) is 1. The third-order valence-corrected chi connectivity index (χ3v) is 3.50. The van der Waals surface area contributed by atoms with Crippen molar-refractivity contribution in [2.75, 3.05) is 13.6 Å². The Morgan fingerprint density at radius 2 is 2.25 bits per heavy atom. The molecular weight excluding hydrogens is 226 g/mol. The van der Waals surface area contributed by atoms with Crippen LogP contribution in [0.25, 0.3) is 0 Å². The number of rotatable bonds is 3. The maximum atomic E-state index is 9.94. The Balaban J connectivity index is 2.43. The van der Waals surface area contributed by atoms with Gasteiger partial charge in [-0.3, -0.25) is 0 Å². The van der Waals surface area contributed by atoms with E-state index in [1.807, 2.05) is 6.07 Å². The molecule has 1 atom stereocenters. The summed E-state index contributed by atoms with van der Waals surface area (Å²) in [6.45, 7) is 0.405. The predicted octanol–water partition coefficient (Wildman–Crippen LogP) is 1.79. The van der Waals surface area contributed by atoms with E-state index < -0.39 is 6.10 Å². The number of aliphatic hydroxyl groups excluding tert-OH is 1. The molecule has 0 bridgehead atoms. The summed E-state index contributed by atoms with van der Waals surface area (Å²) in [5.74, 6) is 0.0325. The molecule has 1 aliphatic carbocycles. The number of phenolic OH excluding ortho intramolecular Hbond substituents is 1. The van der Waals surface area contributed by atoms with Gasteiger partial charge < -0.3 is 15.5 Å². The zero-order valence-corrected chi connectivity index (χ0v) is 10.0. The van der Waals surface area contributed by atoms with Gasteiger partial charge in [-0.15, -0.1) is 0 Å². The number of benzene rings is 1. The number of aromatic hydroxyl groups is 1. The van der Waals surface area contributed by atoms with Gasteiger partial charge >= 0.3 is 0 Å². The number of hydrogen-bond acceptors (Lipinski definition) is 3. The van der Waals surface area contributed by atoms with Crippen molar-refractivity contribution >= 4 is 11.6 Å². The lowest BCUT2D eigenvalue weighted by atomic mass is 10.0. The maximum Gasteiger partial charge on any atom is 0.140 e. The first-order valence-corrected chi connectivity index (χ1v) is 5.88. The number of nitrogens with one attached hydrogen (secondary N) is 1. The molecule has 1 unspecified atom stereocenters. The lowest BCUT2D eigenvalue weighted by molar-refractivity contribution is 0.174. The molecule has 0 amide bonds. The lowest BCUT2D eigenvalue weighted by Crippen LogP contribution is -2.17. The van der Waals surface area contributed by atoms with E-state index in [4.69, 9.17) is 11.6 Å². The molecule has 0 heterocycles. The predicted molar refractivity (Wildman–Crippen MR) is 64.0 cm³/mol. The number of fused-ring (bicyclic) bond motifs is 1. The van der Waals surface area contributed by atoms with E-state index in [9.17, 15) is 10.2 Å². The number of halogens is 1. The van der Waals surface area contributed by atoms with E-state index in [0.29, 0.717) is 17.1 Å². The molecule has 0 aromatic heterocycles. The molecule has 0 aliphatic heterocycles. The summed E-state index contributed by atoms with van der Waals surface area (Å²) in [4.78, 5) is 0. The molecule has 1 aromatic rings. The quantitative estimate of drug-likeness (QED) is 0.756. The first-order chi connectivity index (χ1) is 7.65. The van der Waals surface area contributed by atoms with Crippen LogP contribution in [-0.2, 0) is 12.8 Å². The van der Waals surface area contributed by atoms with E-state index >= 15 is 0 Å². The first-order valence-electron chi connectivity index (χ1n) is 5.51. The van der Waals surface area contributed by atoms with Crippen LogP contribution in [0, 0.1) is 0 Å². The molecule has 3 nitrogen and oxygen atoms in total. The minimum absolute atomic E-state index is 0.0325. The van der Waals surface area contributed by atoms with Crippen molar-refractivity contribution in [3.05, 3.63) is 27.8 Å². The second-order valence-electron chi connectivity index (χ2n) is 4.19. The monoisotopic (exact) mass is 241 g/mol. The van der Waals surface area contributed by atoms with E-state index in [-0.39, 0.29) is 5.75 Å². The molecule has 1 aromatic carbocycles. The molecule has 3 N–H and O–H groups in total. The van der Waals surface area contributed by atoms with Gasteiger partial charge in [0, 0.05) is 12.1 Å². The van der Waals surface area contributed by atoms with Gasteiger partial charge in [0.1, 0.15) is 5.75 Å². The van der Waals surface area contributed by atoms with Crippen LogP contribution in [0.2, 0.25) is 5.02 Å². The third kappa shape index (κ3) is 1.90. The minimum Gasteiger partial charge on any atom is -0.506 e. The van der Waals surface area contributed by atoms with Gasteiger partial charge in [-0.2, -0.15) is 0 Å². The Hall–Kier alpha value is -0.770. The fourth-order valence-corrected chi connectivity index (χ4v) is 2.59. The second-order valence-corrected chi connectivity index (χ2v) is 4.57. The van der Waals surface area contributed by atoms with Gasteiger partial charge in [-0.05, 0) is 43.5 Å². The van der Waals surface area contributed by atoms with Crippen LogP contribution >= 0.6 is 11.6 Å². The second kappa shape index (κ2) is 4.62. The fourth-order valence-electron chi connectivity index (χ4n) is 2.26. The van der Waals surface area contributed by atoms with E-state index in [2.05, 4.69) is 5.32 Å². The normalized spacial score (nSPS) is 16.2. The Morgan fingerprint density at radius 3 is 2.94 bits per heavy atom. The highest BCUT2D eigenvalue weighted by molar-refractivity contribution is 6.33. The van der Waals surface area contributed by atoms with E-state index in [1.54, 1.807) is 7.05 Å². The molecule has 0 fully saturated rings. The summed E-state index contributed by atoms with van der Waals surface area (Å²) < 4.78 is 0. The van der Waals surface area contributed by atoms with Crippen LogP contribution in [0.4, 0.5) is 0 Å². The summed E-state index contributed by atoms with van der Waals surface area (Å²) in [5.41, 5.74) is 2.73. The van der Waals surface area contributed by atoms with Crippen LogP contribution in [0.15, 0.2) is 6.07 Å². The highest BCUT2D eigenvalue weighted by Gasteiger charge is 2.22. The maximum absolute atomic E-state index is 9.94. The average Bonchev–Trinajstić information content (AvgIpc) is 2.71. The summed E-state index contributed by atoms with van der Waals surface area (Å²) in [5, 5.41) is 23.1. The van der Waals surface area contributed by atoms with Gasteiger partial charge in [-0.1, -0.05) is 11.6 Å². The number of aryl methyl sites for hydroxylation is 1. The zero-order chi connectivity index (χ0) is 11.7. The standard InChI is InChI=1S/C12H16ClNO2/c1-14-6-10(15)9-5-7-3-2-4-8(7)11(13)12(9)16/h5,10,14-16H,2-4,6H2,1H3. The summed E-state index contributed by atoms with van der Waals surface area (Å²) in [6.07, 6.45) is 2.26. The van der Waals surface area contributed by atoms with Crippen LogP contribution < -0.4 is 5.32 Å². The topological polar surface area (TPSA) is 52.5 Å². The van der Waals surface area contributed by atoms with Crippen molar-refractivity contribution in [2.45, 2.75) is 25.4 Å². The van der Waals surface area contributed by atoms with E-state index in [1.165, 1.54) is 0 Å². The minimum atomic E-state index is -0.714. The van der Waals surface area contributed by atoms with Crippen molar-refractivity contribution in [1.82, 2.24) is 5.32 Å². The van der Waals surface area contributed by atoms with Gasteiger partial charge in [0.25, 0.3) is 0 Å². The van der Waals surface area contributed by atoms with Crippen molar-refractivity contribution < 1.29 is 10.2 Å². The molecular formula is C12H16ClNO2. The van der Waals surface area contributed by atoms with Gasteiger partial charge in [0.15, 0.2) is 0 Å². The van der Waals surface area contributed by atoms with Gasteiger partial charge in [0.05, 0.1) is 11.1 Å². The highest BCUT2D eigenvalue weighted by Crippen LogP contribution is 2.40. The lowest BCUT2D eigenvalue weighted by Gasteiger charge is -2.15. The van der Waals surface area contributed by atoms with Crippen molar-refractivity contribution in [3.8, 4) is 5.75 Å². The molecule has 0 saturated heterocycles. The average molecular weight is 242 g/mol. The summed E-state index contributed by atoms with van der Waals surface area (Å²) in [6, 6.07) is 1.88. The van der Waals surface area contributed by atoms with Crippen LogP contribution in [-0.4, -0.2) is 23.8 Å². The Bertz CT molecular complexity index is 406. The Morgan fingerprint density at radius 1 is 1.50 bits per heavy atom. The summed E-state index contributed by atoms with van der Waals surface area (Å²) >= 11 is 6.11. The van der Waals surface area contributed by atoms with Crippen LogP contribution in [0.3, 0.4) is 0 Å². The molecule has 0 saturated carbocycles. The molecule has 4 heteroatoms. The molecule has 16 heavy (non-hydrogen) atoms. The van der Waals surface area contributed by atoms with Crippen molar-refractivity contribution in [2.24, 2.45) is 0 Å². The third-order valence-electron chi connectivity index (χ3n) is 3.09. The van der Waals surface area contributed by atoms with Crippen LogP contribution in [0.5, 0.6) is 5.75 Å². The first kappa shape index (κ1) is 11.7. The molecule has 2 rings (SSSR count).